The molecule has 0 aromatic carbocycles. The maximum atomic E-state index is 7.54. The minimum absolute atomic E-state index is 0.158. The summed E-state index contributed by atoms with van der Waals surface area (Å²) in [6, 6.07) is 0. The SMILES string of the molecule is CN(CCCC(C)(C)C(=N)N)CC1CCCOC1. The Morgan fingerprint density at radius 3 is 2.78 bits per heavy atom. The molecule has 3 N–H and O–H groups in total. The van der Waals surface area contributed by atoms with Gasteiger partial charge < -0.3 is 15.4 Å². The zero-order valence-corrected chi connectivity index (χ0v) is 12.2. The third-order valence-corrected chi connectivity index (χ3v) is 3.90. The highest BCUT2D eigenvalue weighted by Gasteiger charge is 2.21. The molecule has 106 valence electrons. The van der Waals surface area contributed by atoms with Crippen LogP contribution in [0.5, 0.6) is 0 Å². The molecule has 0 saturated carbocycles. The Labute approximate surface area is 111 Å². The summed E-state index contributed by atoms with van der Waals surface area (Å²) in [7, 11) is 2.18. The number of hydrogen-bond acceptors (Lipinski definition) is 3. The highest BCUT2D eigenvalue weighted by molar-refractivity contribution is 5.82. The molecule has 0 radical (unpaired) electrons. The molecule has 1 aliphatic rings. The molecule has 4 nitrogen and oxygen atoms in total. The minimum atomic E-state index is -0.158. The average molecular weight is 255 g/mol. The van der Waals surface area contributed by atoms with E-state index in [0.29, 0.717) is 11.8 Å². The van der Waals surface area contributed by atoms with E-state index in [1.54, 1.807) is 0 Å². The Hall–Kier alpha value is -0.610. The van der Waals surface area contributed by atoms with Gasteiger partial charge in [0.15, 0.2) is 0 Å². The van der Waals surface area contributed by atoms with Crippen molar-refractivity contribution in [1.29, 1.82) is 5.41 Å². The molecular formula is C14H29N3O. The van der Waals surface area contributed by atoms with Crippen LogP contribution in [0.4, 0.5) is 0 Å². The van der Waals surface area contributed by atoms with Crippen LogP contribution in [0.3, 0.4) is 0 Å². The number of rotatable bonds is 7. The van der Waals surface area contributed by atoms with Gasteiger partial charge in [-0.05, 0) is 45.2 Å². The third-order valence-electron chi connectivity index (χ3n) is 3.90. The largest absolute Gasteiger partial charge is 0.387 e. The van der Waals surface area contributed by atoms with Crippen molar-refractivity contribution in [2.24, 2.45) is 17.1 Å². The van der Waals surface area contributed by atoms with Gasteiger partial charge in [-0.15, -0.1) is 0 Å². The fourth-order valence-corrected chi connectivity index (χ4v) is 2.41. The van der Waals surface area contributed by atoms with E-state index < -0.39 is 0 Å². The molecule has 1 unspecified atom stereocenters. The molecule has 0 aromatic rings. The quantitative estimate of drug-likeness (QED) is 0.541. The van der Waals surface area contributed by atoms with Crippen molar-refractivity contribution in [2.45, 2.75) is 39.5 Å². The predicted octanol–water partition coefficient (Wildman–Crippen LogP) is 2.09. The second-order valence-corrected chi connectivity index (χ2v) is 6.25. The van der Waals surface area contributed by atoms with Gasteiger partial charge in [-0.2, -0.15) is 0 Å². The van der Waals surface area contributed by atoms with Gasteiger partial charge in [0.05, 0.1) is 12.4 Å². The fraction of sp³-hybridized carbons (Fsp3) is 0.929. The van der Waals surface area contributed by atoms with Crippen molar-refractivity contribution >= 4 is 5.84 Å². The summed E-state index contributed by atoms with van der Waals surface area (Å²) in [5.41, 5.74) is 5.43. The molecular weight excluding hydrogens is 226 g/mol. The molecule has 0 spiro atoms. The number of ether oxygens (including phenoxy) is 1. The number of nitrogens with two attached hydrogens (primary N) is 1. The smallest absolute Gasteiger partial charge is 0.0963 e. The van der Waals surface area contributed by atoms with Gasteiger partial charge in [0.2, 0.25) is 0 Å². The zero-order chi connectivity index (χ0) is 13.6. The van der Waals surface area contributed by atoms with Crippen molar-refractivity contribution in [1.82, 2.24) is 4.90 Å². The van der Waals surface area contributed by atoms with Crippen LogP contribution in [0.2, 0.25) is 0 Å². The van der Waals surface area contributed by atoms with E-state index in [-0.39, 0.29) is 5.41 Å². The van der Waals surface area contributed by atoms with Crippen LogP contribution in [0.1, 0.15) is 39.5 Å². The van der Waals surface area contributed by atoms with Crippen LogP contribution in [-0.4, -0.2) is 44.1 Å². The molecule has 0 bridgehead atoms. The molecule has 0 aliphatic carbocycles. The van der Waals surface area contributed by atoms with Crippen LogP contribution in [-0.2, 0) is 4.74 Å². The van der Waals surface area contributed by atoms with Gasteiger partial charge in [-0.3, -0.25) is 5.41 Å². The van der Waals surface area contributed by atoms with Crippen molar-refractivity contribution < 1.29 is 4.74 Å². The van der Waals surface area contributed by atoms with Crippen LogP contribution < -0.4 is 5.73 Å². The highest BCUT2D eigenvalue weighted by Crippen LogP contribution is 2.22. The lowest BCUT2D eigenvalue weighted by Gasteiger charge is -2.28. The van der Waals surface area contributed by atoms with Crippen molar-refractivity contribution in [3.05, 3.63) is 0 Å². The van der Waals surface area contributed by atoms with Crippen LogP contribution >= 0.6 is 0 Å². The van der Waals surface area contributed by atoms with E-state index in [4.69, 9.17) is 15.9 Å². The maximum absolute atomic E-state index is 7.54. The zero-order valence-electron chi connectivity index (χ0n) is 12.2. The van der Waals surface area contributed by atoms with E-state index in [0.717, 1.165) is 39.1 Å². The Morgan fingerprint density at radius 1 is 1.50 bits per heavy atom. The Balaban J connectivity index is 2.16. The first kappa shape index (κ1) is 15.4. The van der Waals surface area contributed by atoms with Gasteiger partial charge >= 0.3 is 0 Å². The lowest BCUT2D eigenvalue weighted by atomic mass is 9.86. The molecule has 1 fully saturated rings. The van der Waals surface area contributed by atoms with E-state index in [1.807, 2.05) is 13.8 Å². The lowest BCUT2D eigenvalue weighted by molar-refractivity contribution is 0.0417. The number of amidine groups is 1. The van der Waals surface area contributed by atoms with E-state index >= 15 is 0 Å². The monoisotopic (exact) mass is 255 g/mol. The second kappa shape index (κ2) is 7.10. The van der Waals surface area contributed by atoms with Crippen molar-refractivity contribution in [2.75, 3.05) is 33.4 Å². The van der Waals surface area contributed by atoms with Gasteiger partial charge in [0, 0.05) is 18.6 Å². The molecule has 18 heavy (non-hydrogen) atoms. The van der Waals surface area contributed by atoms with Gasteiger partial charge in [-0.25, -0.2) is 0 Å². The van der Waals surface area contributed by atoms with E-state index in [1.165, 1.54) is 12.8 Å². The molecule has 0 amide bonds. The summed E-state index contributed by atoms with van der Waals surface area (Å²) in [5.74, 6) is 0.996. The second-order valence-electron chi connectivity index (χ2n) is 6.25. The van der Waals surface area contributed by atoms with Gasteiger partial charge in [0.25, 0.3) is 0 Å². The number of nitrogens with one attached hydrogen (secondary N) is 1. The van der Waals surface area contributed by atoms with Gasteiger partial charge in [0.1, 0.15) is 0 Å². The minimum Gasteiger partial charge on any atom is -0.387 e. The summed E-state index contributed by atoms with van der Waals surface area (Å²) < 4.78 is 5.50. The molecule has 0 aromatic heterocycles. The molecule has 1 rings (SSSR count). The molecule has 1 aliphatic heterocycles. The van der Waals surface area contributed by atoms with Crippen LogP contribution in [0, 0.1) is 16.7 Å². The first-order chi connectivity index (χ1) is 8.42. The standard InChI is InChI=1S/C14H29N3O/c1-14(2,13(15)16)7-5-8-17(3)10-12-6-4-9-18-11-12/h12H,4-11H2,1-3H3,(H3,15,16). The topological polar surface area (TPSA) is 62.3 Å². The maximum Gasteiger partial charge on any atom is 0.0963 e. The third kappa shape index (κ3) is 5.36. The van der Waals surface area contributed by atoms with E-state index in [9.17, 15) is 0 Å². The molecule has 1 saturated heterocycles. The van der Waals surface area contributed by atoms with Crippen LogP contribution in [0.25, 0.3) is 0 Å². The summed E-state index contributed by atoms with van der Waals surface area (Å²) >= 11 is 0. The first-order valence-electron chi connectivity index (χ1n) is 7.02. The summed E-state index contributed by atoms with van der Waals surface area (Å²) in [4.78, 5) is 2.38. The van der Waals surface area contributed by atoms with E-state index in [2.05, 4.69) is 11.9 Å². The van der Waals surface area contributed by atoms with Crippen molar-refractivity contribution in [3.63, 3.8) is 0 Å². The molecule has 1 heterocycles. The normalized spacial score (nSPS) is 21.2. The number of nitrogens with zero attached hydrogens (tertiary/aromatic N) is 1. The fourth-order valence-electron chi connectivity index (χ4n) is 2.41. The Bertz CT molecular complexity index is 260. The summed E-state index contributed by atoms with van der Waals surface area (Å²) in [5, 5.41) is 7.54. The highest BCUT2D eigenvalue weighted by atomic mass is 16.5. The van der Waals surface area contributed by atoms with Crippen molar-refractivity contribution in [3.8, 4) is 0 Å². The Kier molecular flexibility index (Phi) is 6.09. The predicted molar refractivity (Wildman–Crippen MR) is 76.0 cm³/mol. The average Bonchev–Trinajstić information content (AvgIpc) is 2.29. The van der Waals surface area contributed by atoms with Crippen LogP contribution in [0.15, 0.2) is 0 Å². The summed E-state index contributed by atoms with van der Waals surface area (Å²) in [6.45, 7) is 8.15. The molecule has 1 atom stereocenters. The van der Waals surface area contributed by atoms with Gasteiger partial charge in [-0.1, -0.05) is 13.8 Å². The first-order valence-corrected chi connectivity index (χ1v) is 7.02. The summed E-state index contributed by atoms with van der Waals surface area (Å²) in [6.07, 6.45) is 4.57. The lowest BCUT2D eigenvalue weighted by Crippen LogP contribution is -2.34. The molecule has 4 heteroatoms. The Morgan fingerprint density at radius 2 is 2.22 bits per heavy atom. The number of hydrogen-bond donors (Lipinski definition) is 2.